The molecular formula is C13H28N2O. The van der Waals surface area contributed by atoms with Gasteiger partial charge in [0.25, 0.3) is 0 Å². The Morgan fingerprint density at radius 2 is 1.62 bits per heavy atom. The van der Waals surface area contributed by atoms with Crippen LogP contribution in [0.15, 0.2) is 0 Å². The molecule has 96 valence electrons. The zero-order chi connectivity index (χ0) is 12.7. The molecule has 0 spiro atoms. The van der Waals surface area contributed by atoms with Crippen LogP contribution < -0.4 is 11.1 Å². The van der Waals surface area contributed by atoms with Crippen LogP contribution in [-0.4, -0.2) is 24.4 Å². The van der Waals surface area contributed by atoms with Crippen molar-refractivity contribution in [3.8, 4) is 0 Å². The van der Waals surface area contributed by atoms with Crippen LogP contribution in [0, 0.1) is 11.8 Å². The molecule has 0 aromatic rings. The summed E-state index contributed by atoms with van der Waals surface area (Å²) in [4.78, 5) is 11.4. The van der Waals surface area contributed by atoms with E-state index in [2.05, 4.69) is 33.0 Å². The van der Waals surface area contributed by atoms with Gasteiger partial charge in [0.05, 0.1) is 6.04 Å². The molecule has 0 saturated heterocycles. The van der Waals surface area contributed by atoms with E-state index in [4.69, 9.17) is 5.73 Å². The highest BCUT2D eigenvalue weighted by Crippen LogP contribution is 2.07. The second-order valence-electron chi connectivity index (χ2n) is 5.59. The average molecular weight is 228 g/mol. The average Bonchev–Trinajstić information content (AvgIpc) is 2.09. The molecule has 0 aliphatic heterocycles. The maximum absolute atomic E-state index is 11.4. The van der Waals surface area contributed by atoms with Gasteiger partial charge in [0.2, 0.25) is 0 Å². The molecule has 3 N–H and O–H groups in total. The van der Waals surface area contributed by atoms with Crippen molar-refractivity contribution >= 4 is 5.78 Å². The third-order valence-electron chi connectivity index (χ3n) is 2.60. The third kappa shape index (κ3) is 7.83. The van der Waals surface area contributed by atoms with Gasteiger partial charge in [0.15, 0.2) is 0 Å². The lowest BCUT2D eigenvalue weighted by Gasteiger charge is -2.21. The van der Waals surface area contributed by atoms with Gasteiger partial charge in [0.1, 0.15) is 5.78 Å². The standard InChI is InChI=1S/C13H28N2O/c1-9(2)6-12(14)8-15-13(11(5)16)7-10(3)4/h9-10,12-13,15H,6-8,14H2,1-5H3/t12-,13-/m0/s1. The van der Waals surface area contributed by atoms with Gasteiger partial charge in [-0.3, -0.25) is 4.79 Å². The number of carbonyl (C=O) groups excluding carboxylic acids is 1. The van der Waals surface area contributed by atoms with E-state index in [9.17, 15) is 4.79 Å². The van der Waals surface area contributed by atoms with Gasteiger partial charge in [-0.25, -0.2) is 0 Å². The van der Waals surface area contributed by atoms with Crippen LogP contribution in [-0.2, 0) is 4.79 Å². The van der Waals surface area contributed by atoms with E-state index in [0.717, 1.165) is 19.4 Å². The number of nitrogens with two attached hydrogens (primary N) is 1. The fourth-order valence-electron chi connectivity index (χ4n) is 1.85. The number of hydrogen-bond donors (Lipinski definition) is 2. The number of carbonyl (C=O) groups is 1. The van der Waals surface area contributed by atoms with Gasteiger partial charge in [0, 0.05) is 12.6 Å². The number of Topliss-reactive ketones (excluding diaryl/α,β-unsaturated/α-hetero) is 1. The Hall–Kier alpha value is -0.410. The predicted molar refractivity (Wildman–Crippen MR) is 69.4 cm³/mol. The number of ketones is 1. The van der Waals surface area contributed by atoms with Crippen LogP contribution in [0.1, 0.15) is 47.5 Å². The van der Waals surface area contributed by atoms with Crippen molar-refractivity contribution in [2.75, 3.05) is 6.54 Å². The summed E-state index contributed by atoms with van der Waals surface area (Å²) in [6.45, 7) is 11.0. The second kappa shape index (κ2) is 7.80. The minimum atomic E-state index is -0.0294. The zero-order valence-electron chi connectivity index (χ0n) is 11.4. The Labute approximate surface area is 100 Å². The summed E-state index contributed by atoms with van der Waals surface area (Å²) in [5.74, 6) is 1.35. The van der Waals surface area contributed by atoms with Crippen LogP contribution in [0.25, 0.3) is 0 Å². The highest BCUT2D eigenvalue weighted by atomic mass is 16.1. The van der Waals surface area contributed by atoms with Crippen LogP contribution in [0.3, 0.4) is 0 Å². The van der Waals surface area contributed by atoms with E-state index in [0.29, 0.717) is 11.8 Å². The zero-order valence-corrected chi connectivity index (χ0v) is 11.4. The molecule has 0 saturated carbocycles. The van der Waals surface area contributed by atoms with E-state index in [1.807, 2.05) is 0 Å². The number of hydrogen-bond acceptors (Lipinski definition) is 3. The van der Waals surface area contributed by atoms with Crippen molar-refractivity contribution in [1.29, 1.82) is 0 Å². The van der Waals surface area contributed by atoms with Gasteiger partial charge >= 0.3 is 0 Å². The molecule has 0 aliphatic rings. The predicted octanol–water partition coefficient (Wildman–Crippen LogP) is 1.95. The van der Waals surface area contributed by atoms with E-state index < -0.39 is 0 Å². The molecule has 0 aliphatic carbocycles. The Bertz CT molecular complexity index is 202. The summed E-state index contributed by atoms with van der Waals surface area (Å²) in [6.07, 6.45) is 1.89. The fraction of sp³-hybridized carbons (Fsp3) is 0.923. The van der Waals surface area contributed by atoms with Crippen LogP contribution >= 0.6 is 0 Å². The molecule has 0 heterocycles. The molecule has 0 rings (SSSR count). The van der Waals surface area contributed by atoms with Gasteiger partial charge in [-0.15, -0.1) is 0 Å². The summed E-state index contributed by atoms with van der Waals surface area (Å²) >= 11 is 0. The molecule has 3 nitrogen and oxygen atoms in total. The Morgan fingerprint density at radius 3 is 2.00 bits per heavy atom. The molecule has 0 amide bonds. The summed E-state index contributed by atoms with van der Waals surface area (Å²) < 4.78 is 0. The van der Waals surface area contributed by atoms with Gasteiger partial charge in [-0.05, 0) is 31.6 Å². The Morgan fingerprint density at radius 1 is 1.12 bits per heavy atom. The molecule has 0 fully saturated rings. The van der Waals surface area contributed by atoms with Crippen LogP contribution in [0.4, 0.5) is 0 Å². The molecular weight excluding hydrogens is 200 g/mol. The highest BCUT2D eigenvalue weighted by molar-refractivity contribution is 5.81. The Kier molecular flexibility index (Phi) is 7.60. The molecule has 2 atom stereocenters. The normalized spacial score (nSPS) is 15.5. The van der Waals surface area contributed by atoms with Crippen molar-refractivity contribution in [1.82, 2.24) is 5.32 Å². The first-order valence-electron chi connectivity index (χ1n) is 6.32. The van der Waals surface area contributed by atoms with E-state index in [1.54, 1.807) is 6.92 Å². The summed E-state index contributed by atoms with van der Waals surface area (Å²) in [5, 5.41) is 3.28. The molecule has 0 unspecified atom stereocenters. The van der Waals surface area contributed by atoms with Crippen LogP contribution in [0.2, 0.25) is 0 Å². The first kappa shape index (κ1) is 15.6. The Balaban J connectivity index is 3.97. The van der Waals surface area contributed by atoms with Gasteiger partial charge in [-0.2, -0.15) is 0 Å². The van der Waals surface area contributed by atoms with Crippen molar-refractivity contribution in [2.24, 2.45) is 17.6 Å². The molecule has 16 heavy (non-hydrogen) atoms. The first-order chi connectivity index (χ1) is 7.32. The van der Waals surface area contributed by atoms with Crippen molar-refractivity contribution in [3.63, 3.8) is 0 Å². The maximum Gasteiger partial charge on any atom is 0.146 e. The molecule has 0 aromatic carbocycles. The molecule has 3 heteroatoms. The lowest BCUT2D eigenvalue weighted by Crippen LogP contribution is -2.43. The largest absolute Gasteiger partial charge is 0.327 e. The van der Waals surface area contributed by atoms with Gasteiger partial charge < -0.3 is 11.1 Å². The molecule has 0 bridgehead atoms. The van der Waals surface area contributed by atoms with Crippen LogP contribution in [0.5, 0.6) is 0 Å². The first-order valence-corrected chi connectivity index (χ1v) is 6.32. The van der Waals surface area contributed by atoms with Gasteiger partial charge in [-0.1, -0.05) is 27.7 Å². The summed E-state index contributed by atoms with van der Waals surface area (Å²) in [7, 11) is 0. The fourth-order valence-corrected chi connectivity index (χ4v) is 1.85. The SMILES string of the molecule is CC(=O)[C@H](CC(C)C)NC[C@@H](N)CC(C)C. The monoisotopic (exact) mass is 228 g/mol. The number of rotatable bonds is 8. The topological polar surface area (TPSA) is 55.1 Å². The van der Waals surface area contributed by atoms with E-state index in [-0.39, 0.29) is 17.9 Å². The summed E-state index contributed by atoms with van der Waals surface area (Å²) in [6, 6.07) is 0.118. The summed E-state index contributed by atoms with van der Waals surface area (Å²) in [5.41, 5.74) is 5.98. The van der Waals surface area contributed by atoms with Crippen molar-refractivity contribution in [2.45, 2.75) is 59.5 Å². The third-order valence-corrected chi connectivity index (χ3v) is 2.60. The molecule has 0 aromatic heterocycles. The smallest absolute Gasteiger partial charge is 0.146 e. The van der Waals surface area contributed by atoms with E-state index >= 15 is 0 Å². The molecule has 0 radical (unpaired) electrons. The highest BCUT2D eigenvalue weighted by Gasteiger charge is 2.16. The minimum Gasteiger partial charge on any atom is -0.327 e. The minimum absolute atomic E-state index is 0.0294. The van der Waals surface area contributed by atoms with Crippen molar-refractivity contribution < 1.29 is 4.79 Å². The lowest BCUT2D eigenvalue weighted by molar-refractivity contribution is -0.119. The van der Waals surface area contributed by atoms with E-state index in [1.165, 1.54) is 0 Å². The second-order valence-corrected chi connectivity index (χ2v) is 5.59. The quantitative estimate of drug-likeness (QED) is 0.667. The van der Waals surface area contributed by atoms with Crippen molar-refractivity contribution in [3.05, 3.63) is 0 Å². The number of nitrogens with one attached hydrogen (secondary N) is 1. The maximum atomic E-state index is 11.4. The lowest BCUT2D eigenvalue weighted by atomic mass is 9.99.